The molecule has 0 aliphatic carbocycles. The quantitative estimate of drug-likeness (QED) is 0.872. The van der Waals surface area contributed by atoms with Crippen LogP contribution in [0.25, 0.3) is 9.40 Å². The first-order valence-corrected chi connectivity index (χ1v) is 6.68. The van der Waals surface area contributed by atoms with Crippen molar-refractivity contribution in [2.45, 2.75) is 26.3 Å². The summed E-state index contributed by atoms with van der Waals surface area (Å²) in [4.78, 5) is 12.6. The van der Waals surface area contributed by atoms with E-state index in [1.54, 1.807) is 22.7 Å². The van der Waals surface area contributed by atoms with Gasteiger partial charge in [0.1, 0.15) is 0 Å². The normalized spacial score (nSPS) is 12.9. The molecule has 0 bridgehead atoms. The van der Waals surface area contributed by atoms with E-state index in [9.17, 15) is 4.79 Å². The molecule has 2 aromatic heterocycles. The number of rotatable bonds is 3. The largest absolute Gasteiger partial charge is 0.349 e. The first-order chi connectivity index (χ1) is 7.20. The maximum atomic E-state index is 11.8. The second-order valence-corrected chi connectivity index (χ2v) is 5.57. The molecule has 0 fully saturated rings. The Morgan fingerprint density at radius 1 is 1.53 bits per heavy atom. The van der Waals surface area contributed by atoms with Crippen molar-refractivity contribution in [1.82, 2.24) is 5.32 Å². The minimum atomic E-state index is 0.0535. The third-order valence-corrected chi connectivity index (χ3v) is 4.45. The summed E-state index contributed by atoms with van der Waals surface area (Å²) in [6, 6.07) is 4.28. The van der Waals surface area contributed by atoms with Gasteiger partial charge in [-0.05, 0) is 30.9 Å². The van der Waals surface area contributed by atoms with Gasteiger partial charge in [-0.3, -0.25) is 4.79 Å². The highest BCUT2D eigenvalue weighted by Crippen LogP contribution is 2.29. The highest BCUT2D eigenvalue weighted by Gasteiger charge is 2.12. The van der Waals surface area contributed by atoms with Gasteiger partial charge in [-0.2, -0.15) is 0 Å². The fourth-order valence-electron chi connectivity index (χ4n) is 1.27. The third-order valence-electron chi connectivity index (χ3n) is 2.35. The minimum Gasteiger partial charge on any atom is -0.349 e. The van der Waals surface area contributed by atoms with E-state index in [2.05, 4.69) is 23.7 Å². The highest BCUT2D eigenvalue weighted by atomic mass is 32.1. The van der Waals surface area contributed by atoms with Crippen LogP contribution >= 0.6 is 22.7 Å². The first kappa shape index (κ1) is 10.6. The van der Waals surface area contributed by atoms with Crippen molar-refractivity contribution in [3.63, 3.8) is 0 Å². The Morgan fingerprint density at radius 2 is 2.33 bits per heavy atom. The summed E-state index contributed by atoms with van der Waals surface area (Å²) in [6.07, 6.45) is 0.964. The van der Waals surface area contributed by atoms with Gasteiger partial charge in [0.25, 0.3) is 5.91 Å². The number of carbonyl (C=O) groups excluding carboxylic acids is 1. The van der Waals surface area contributed by atoms with Crippen molar-refractivity contribution >= 4 is 38.0 Å². The van der Waals surface area contributed by atoms with Crippen LogP contribution in [0.4, 0.5) is 0 Å². The number of carbonyl (C=O) groups is 1. The lowest BCUT2D eigenvalue weighted by molar-refractivity contribution is 0.0943. The summed E-state index contributed by atoms with van der Waals surface area (Å²) >= 11 is 3.24. The van der Waals surface area contributed by atoms with E-state index in [1.165, 1.54) is 9.40 Å². The molecule has 0 saturated heterocycles. The molecule has 4 heteroatoms. The monoisotopic (exact) mass is 239 g/mol. The van der Waals surface area contributed by atoms with E-state index in [4.69, 9.17) is 0 Å². The average molecular weight is 239 g/mol. The lowest BCUT2D eigenvalue weighted by atomic mass is 10.2. The average Bonchev–Trinajstić information content (AvgIpc) is 2.76. The number of hydrogen-bond acceptors (Lipinski definition) is 3. The molecule has 2 rings (SSSR count). The van der Waals surface area contributed by atoms with Crippen LogP contribution in [0.2, 0.25) is 0 Å². The summed E-state index contributed by atoms with van der Waals surface area (Å²) in [5, 5.41) is 5.03. The van der Waals surface area contributed by atoms with Crippen LogP contribution < -0.4 is 5.32 Å². The van der Waals surface area contributed by atoms with E-state index in [0.717, 1.165) is 11.3 Å². The van der Waals surface area contributed by atoms with E-state index < -0.39 is 0 Å². The smallest absolute Gasteiger partial charge is 0.261 e. The summed E-state index contributed by atoms with van der Waals surface area (Å²) < 4.78 is 2.41. The second-order valence-electron chi connectivity index (χ2n) is 3.54. The molecule has 0 aromatic carbocycles. The molecule has 1 N–H and O–H groups in total. The van der Waals surface area contributed by atoms with Crippen LogP contribution in [0, 0.1) is 0 Å². The van der Waals surface area contributed by atoms with E-state index in [0.29, 0.717) is 0 Å². The molecule has 15 heavy (non-hydrogen) atoms. The van der Waals surface area contributed by atoms with E-state index in [1.807, 2.05) is 13.0 Å². The van der Waals surface area contributed by atoms with Crippen molar-refractivity contribution < 1.29 is 4.79 Å². The minimum absolute atomic E-state index is 0.0535. The fourth-order valence-corrected chi connectivity index (χ4v) is 3.29. The molecular weight excluding hydrogens is 226 g/mol. The summed E-state index contributed by atoms with van der Waals surface area (Å²) in [6.45, 7) is 4.09. The van der Waals surface area contributed by atoms with Gasteiger partial charge < -0.3 is 5.32 Å². The van der Waals surface area contributed by atoms with Gasteiger partial charge in [0.2, 0.25) is 0 Å². The zero-order valence-corrected chi connectivity index (χ0v) is 10.4. The number of hydrogen-bond donors (Lipinski definition) is 1. The maximum Gasteiger partial charge on any atom is 0.261 e. The third kappa shape index (κ3) is 2.21. The van der Waals surface area contributed by atoms with Gasteiger partial charge in [0.15, 0.2) is 0 Å². The van der Waals surface area contributed by atoms with Gasteiger partial charge in [0, 0.05) is 15.4 Å². The Labute approximate surface area is 96.9 Å². The highest BCUT2D eigenvalue weighted by molar-refractivity contribution is 7.27. The Balaban J connectivity index is 2.17. The van der Waals surface area contributed by atoms with Crippen molar-refractivity contribution in [1.29, 1.82) is 0 Å². The predicted octanol–water partition coefficient (Wildman–Crippen LogP) is 3.49. The first-order valence-electron chi connectivity index (χ1n) is 4.98. The van der Waals surface area contributed by atoms with Gasteiger partial charge in [-0.1, -0.05) is 6.92 Å². The zero-order valence-electron chi connectivity index (χ0n) is 8.74. The van der Waals surface area contributed by atoms with Crippen LogP contribution in [0.1, 0.15) is 29.9 Å². The lowest BCUT2D eigenvalue weighted by Gasteiger charge is -2.09. The Kier molecular flexibility index (Phi) is 3.07. The van der Waals surface area contributed by atoms with Crippen LogP contribution in [0.15, 0.2) is 17.5 Å². The van der Waals surface area contributed by atoms with Crippen molar-refractivity contribution in [3.8, 4) is 0 Å². The fraction of sp³-hybridized carbons (Fsp3) is 0.364. The van der Waals surface area contributed by atoms with Crippen LogP contribution in [-0.4, -0.2) is 11.9 Å². The molecule has 2 nitrogen and oxygen atoms in total. The Bertz CT molecular complexity index is 443. The number of thiophene rings is 2. The van der Waals surface area contributed by atoms with E-state index in [-0.39, 0.29) is 11.9 Å². The molecule has 80 valence electrons. The van der Waals surface area contributed by atoms with Crippen LogP contribution in [0.5, 0.6) is 0 Å². The Hall–Kier alpha value is -0.870. The Morgan fingerprint density at radius 3 is 3.00 bits per heavy atom. The molecule has 1 unspecified atom stereocenters. The van der Waals surface area contributed by atoms with Gasteiger partial charge in [-0.25, -0.2) is 0 Å². The SMILES string of the molecule is CCC(C)NC(=O)c1cc2sccc2s1. The number of fused-ring (bicyclic) bond motifs is 1. The molecule has 2 heterocycles. The molecule has 1 amide bonds. The van der Waals surface area contributed by atoms with Crippen molar-refractivity contribution in [2.75, 3.05) is 0 Å². The molecule has 0 spiro atoms. The molecule has 2 aromatic rings. The molecule has 0 saturated carbocycles. The molecule has 0 aliphatic rings. The van der Waals surface area contributed by atoms with E-state index >= 15 is 0 Å². The van der Waals surface area contributed by atoms with Gasteiger partial charge >= 0.3 is 0 Å². The number of amides is 1. The molecular formula is C11H13NOS2. The lowest BCUT2D eigenvalue weighted by Crippen LogP contribution is -2.31. The van der Waals surface area contributed by atoms with Crippen LogP contribution in [0.3, 0.4) is 0 Å². The predicted molar refractivity (Wildman–Crippen MR) is 66.9 cm³/mol. The second kappa shape index (κ2) is 4.33. The van der Waals surface area contributed by atoms with Crippen LogP contribution in [-0.2, 0) is 0 Å². The van der Waals surface area contributed by atoms with Crippen molar-refractivity contribution in [3.05, 3.63) is 22.4 Å². The summed E-state index contributed by atoms with van der Waals surface area (Å²) in [5.41, 5.74) is 0. The topological polar surface area (TPSA) is 29.1 Å². The molecule has 0 radical (unpaired) electrons. The summed E-state index contributed by atoms with van der Waals surface area (Å²) in [5.74, 6) is 0.0535. The van der Waals surface area contributed by atoms with Crippen molar-refractivity contribution in [2.24, 2.45) is 0 Å². The molecule has 0 aliphatic heterocycles. The number of nitrogens with one attached hydrogen (secondary N) is 1. The van der Waals surface area contributed by atoms with Gasteiger partial charge in [-0.15, -0.1) is 22.7 Å². The molecule has 1 atom stereocenters. The maximum absolute atomic E-state index is 11.8. The zero-order chi connectivity index (χ0) is 10.8. The van der Waals surface area contributed by atoms with Gasteiger partial charge in [0.05, 0.1) is 4.88 Å². The standard InChI is InChI=1S/C11H13NOS2/c1-3-7(2)12-11(13)10-6-9-8(15-10)4-5-14-9/h4-7H,3H2,1-2H3,(H,12,13). The summed E-state index contributed by atoms with van der Waals surface area (Å²) in [7, 11) is 0.